The predicted octanol–water partition coefficient (Wildman–Crippen LogP) is 3.38. The summed E-state index contributed by atoms with van der Waals surface area (Å²) in [6.45, 7) is 1.02. The molecule has 0 bridgehead atoms. The molecule has 3 aromatic heterocycles. The number of ether oxygens (including phenoxy) is 1. The fourth-order valence-electron chi connectivity index (χ4n) is 4.90. The molecule has 43 heavy (non-hydrogen) atoms. The van der Waals surface area contributed by atoms with Gasteiger partial charge >= 0.3 is 6.09 Å². The van der Waals surface area contributed by atoms with E-state index in [0.29, 0.717) is 34.5 Å². The van der Waals surface area contributed by atoms with Gasteiger partial charge in [-0.2, -0.15) is 9.61 Å². The van der Waals surface area contributed by atoms with Crippen LogP contribution in [0.25, 0.3) is 28.2 Å². The molecule has 2 N–H and O–H groups in total. The lowest BCUT2D eigenvalue weighted by Gasteiger charge is -2.21. The van der Waals surface area contributed by atoms with Crippen molar-refractivity contribution in [3.63, 3.8) is 0 Å². The molecule has 5 aromatic rings. The summed E-state index contributed by atoms with van der Waals surface area (Å²) in [5, 5.41) is 24.1. The second kappa shape index (κ2) is 11.7. The summed E-state index contributed by atoms with van der Waals surface area (Å²) < 4.78 is 34.2. The van der Waals surface area contributed by atoms with Gasteiger partial charge in [-0.15, -0.1) is 0 Å². The van der Waals surface area contributed by atoms with Crippen LogP contribution < -0.4 is 9.64 Å². The number of fused-ring (bicyclic) bond motifs is 1. The van der Waals surface area contributed by atoms with Crippen molar-refractivity contribution in [2.75, 3.05) is 24.4 Å². The molecule has 0 aliphatic rings. The van der Waals surface area contributed by atoms with E-state index < -0.39 is 28.3 Å². The Hall–Kier alpha value is -5.08. The van der Waals surface area contributed by atoms with E-state index in [-0.39, 0.29) is 34.3 Å². The van der Waals surface area contributed by atoms with Gasteiger partial charge in [-0.3, -0.25) is 9.69 Å². The average molecular weight is 605 g/mol. The maximum Gasteiger partial charge on any atom is 0.413 e. The number of carboxylic acid groups (broad SMARTS) is 1. The molecule has 1 amide bonds. The molecule has 0 saturated carbocycles. The number of amides is 1. The van der Waals surface area contributed by atoms with Crippen molar-refractivity contribution in [1.29, 1.82) is 0 Å². The van der Waals surface area contributed by atoms with E-state index in [1.807, 2.05) is 29.9 Å². The van der Waals surface area contributed by atoms with Crippen molar-refractivity contribution < 1.29 is 33.0 Å². The molecule has 222 valence electrons. The van der Waals surface area contributed by atoms with Crippen LogP contribution in [0.4, 0.5) is 10.6 Å². The number of imidazole rings is 1. The van der Waals surface area contributed by atoms with Gasteiger partial charge in [0.25, 0.3) is 0 Å². The maximum absolute atomic E-state index is 12.9. The number of nitrogens with zero attached hydrogens (tertiary/aromatic N) is 6. The van der Waals surface area contributed by atoms with E-state index in [2.05, 4.69) is 15.1 Å². The lowest BCUT2D eigenvalue weighted by atomic mass is 10.1. The van der Waals surface area contributed by atoms with Crippen molar-refractivity contribution in [2.24, 2.45) is 7.05 Å². The number of anilines is 1. The normalized spacial score (nSPS) is 11.5. The highest BCUT2D eigenvalue weighted by Gasteiger charge is 2.26. The zero-order valence-electron chi connectivity index (χ0n) is 23.5. The summed E-state index contributed by atoms with van der Waals surface area (Å²) in [6, 6.07) is 13.1. The number of hydrogen-bond acceptors (Lipinski definition) is 9. The number of methoxy groups -OCH3 is 1. The molecule has 3 heterocycles. The number of aromatic nitrogens is 5. The SMILES string of the molecule is COc1ccc(-c2c(C)nn3c(N(Cc4cccc(-c5nccn5C)c4)C(=O)O)cc(C=O)nc23)cc1S(=O)(=O)CCO. The van der Waals surface area contributed by atoms with Crippen LogP contribution in [-0.4, -0.2) is 74.6 Å². The van der Waals surface area contributed by atoms with Crippen molar-refractivity contribution in [3.05, 3.63) is 77.9 Å². The second-order valence-electron chi connectivity index (χ2n) is 9.69. The predicted molar refractivity (Wildman–Crippen MR) is 157 cm³/mol. The number of aldehydes is 1. The van der Waals surface area contributed by atoms with E-state index in [0.717, 1.165) is 10.5 Å². The third kappa shape index (κ3) is 5.57. The highest BCUT2D eigenvalue weighted by Crippen LogP contribution is 2.35. The molecule has 5 rings (SSSR count). The first-order chi connectivity index (χ1) is 20.6. The van der Waals surface area contributed by atoms with Gasteiger partial charge in [-0.05, 0) is 36.2 Å². The summed E-state index contributed by atoms with van der Waals surface area (Å²) in [5.41, 5.74) is 2.78. The Morgan fingerprint density at radius 2 is 1.93 bits per heavy atom. The Kier molecular flexibility index (Phi) is 7.98. The molecule has 0 radical (unpaired) electrons. The Labute approximate surface area is 246 Å². The van der Waals surface area contributed by atoms with Gasteiger partial charge in [0.15, 0.2) is 21.8 Å². The van der Waals surface area contributed by atoms with Gasteiger partial charge in [0.2, 0.25) is 0 Å². The average Bonchev–Trinajstić information content (AvgIpc) is 3.57. The fraction of sp³-hybridized carbons (Fsp3) is 0.207. The molecular formula is C29H28N6O7S. The molecule has 0 aliphatic carbocycles. The molecule has 13 nitrogen and oxygen atoms in total. The number of benzene rings is 2. The highest BCUT2D eigenvalue weighted by molar-refractivity contribution is 7.91. The Morgan fingerprint density at radius 3 is 2.58 bits per heavy atom. The first-order valence-electron chi connectivity index (χ1n) is 13.0. The van der Waals surface area contributed by atoms with E-state index >= 15 is 0 Å². The number of hydrogen-bond donors (Lipinski definition) is 2. The number of carbonyl (C=O) groups is 2. The highest BCUT2D eigenvalue weighted by atomic mass is 32.2. The van der Waals surface area contributed by atoms with Crippen LogP contribution >= 0.6 is 0 Å². The molecular weight excluding hydrogens is 576 g/mol. The van der Waals surface area contributed by atoms with Crippen LogP contribution in [0.5, 0.6) is 5.75 Å². The van der Waals surface area contributed by atoms with Crippen molar-refractivity contribution in [3.8, 4) is 28.3 Å². The monoisotopic (exact) mass is 604 g/mol. The summed E-state index contributed by atoms with van der Waals surface area (Å²) >= 11 is 0. The van der Waals surface area contributed by atoms with E-state index in [9.17, 15) is 28.2 Å². The standard InChI is InChI=1S/C29H28N6O7S/c1-18-26(20-7-8-23(42-3)24(14-20)43(40,41)12-11-36)28-31-22(17-37)15-25(35(28)32-18)34(29(38)39)16-19-5-4-6-21(13-19)27-30-9-10-33(27)2/h4-10,13-15,17,36H,11-12,16H2,1-3H3,(H,38,39). The topological polar surface area (TPSA) is 169 Å². The molecule has 0 aliphatic heterocycles. The minimum absolute atomic E-state index is 0.0432. The second-order valence-corrected chi connectivity index (χ2v) is 11.8. The number of carbonyl (C=O) groups excluding carboxylic acids is 1. The molecule has 0 spiro atoms. The van der Waals surface area contributed by atoms with E-state index in [4.69, 9.17) is 4.74 Å². The Bertz CT molecular complexity index is 1970. The molecule has 2 aromatic carbocycles. The van der Waals surface area contributed by atoms with Gasteiger partial charge < -0.3 is 19.5 Å². The third-order valence-corrected chi connectivity index (χ3v) is 8.60. The molecule has 0 fully saturated rings. The first kappa shape index (κ1) is 29.4. The van der Waals surface area contributed by atoms with Crippen LogP contribution in [0.15, 0.2) is 65.8 Å². The Balaban J connectivity index is 1.65. The largest absolute Gasteiger partial charge is 0.495 e. The smallest absolute Gasteiger partial charge is 0.413 e. The van der Waals surface area contributed by atoms with Crippen LogP contribution in [0, 0.1) is 6.92 Å². The third-order valence-electron chi connectivity index (χ3n) is 6.89. The quantitative estimate of drug-likeness (QED) is 0.225. The van der Waals surface area contributed by atoms with Gasteiger partial charge in [0.1, 0.15) is 28.0 Å². The lowest BCUT2D eigenvalue weighted by molar-refractivity contribution is 0.111. The van der Waals surface area contributed by atoms with Gasteiger partial charge in [0.05, 0.1) is 31.7 Å². The minimum Gasteiger partial charge on any atom is -0.495 e. The van der Waals surface area contributed by atoms with Crippen molar-refractivity contribution in [1.82, 2.24) is 24.1 Å². The van der Waals surface area contributed by atoms with Crippen LogP contribution in [0.2, 0.25) is 0 Å². The number of aliphatic hydroxyl groups is 1. The van der Waals surface area contributed by atoms with Gasteiger partial charge in [-0.1, -0.05) is 24.3 Å². The number of sulfone groups is 1. The van der Waals surface area contributed by atoms with E-state index in [1.165, 1.54) is 29.8 Å². The molecule has 0 unspecified atom stereocenters. The van der Waals surface area contributed by atoms with Gasteiger partial charge in [0, 0.05) is 36.6 Å². The zero-order chi connectivity index (χ0) is 30.9. The fourth-order valence-corrected chi connectivity index (χ4v) is 6.13. The zero-order valence-corrected chi connectivity index (χ0v) is 24.3. The summed E-state index contributed by atoms with van der Waals surface area (Å²) in [6.07, 6.45) is 2.70. The van der Waals surface area contributed by atoms with Crippen molar-refractivity contribution in [2.45, 2.75) is 18.4 Å². The van der Waals surface area contributed by atoms with Crippen LogP contribution in [-0.2, 0) is 23.4 Å². The molecule has 0 saturated heterocycles. The summed E-state index contributed by atoms with van der Waals surface area (Å²) in [4.78, 5) is 34.3. The van der Waals surface area contributed by atoms with Crippen LogP contribution in [0.3, 0.4) is 0 Å². The van der Waals surface area contributed by atoms with Crippen LogP contribution in [0.1, 0.15) is 21.7 Å². The number of aryl methyl sites for hydroxylation is 2. The minimum atomic E-state index is -3.91. The lowest BCUT2D eigenvalue weighted by Crippen LogP contribution is -2.31. The van der Waals surface area contributed by atoms with Crippen molar-refractivity contribution >= 4 is 33.7 Å². The summed E-state index contributed by atoms with van der Waals surface area (Å²) in [7, 11) is -0.709. The summed E-state index contributed by atoms with van der Waals surface area (Å²) in [5.74, 6) is 0.370. The number of aliphatic hydroxyl groups excluding tert-OH is 1. The van der Waals surface area contributed by atoms with E-state index in [1.54, 1.807) is 31.3 Å². The van der Waals surface area contributed by atoms with Gasteiger partial charge in [-0.25, -0.2) is 23.2 Å². The maximum atomic E-state index is 12.9. The Morgan fingerprint density at radius 1 is 1.14 bits per heavy atom. The first-order valence-corrected chi connectivity index (χ1v) is 14.7. The number of rotatable bonds is 10. The molecule has 0 atom stereocenters. The molecule has 14 heteroatoms.